The Morgan fingerprint density at radius 2 is 1.89 bits per heavy atom. The molecule has 1 saturated heterocycles. The highest BCUT2D eigenvalue weighted by molar-refractivity contribution is 7.89. The molecule has 9 nitrogen and oxygen atoms in total. The van der Waals surface area contributed by atoms with Crippen LogP contribution in [-0.4, -0.2) is 53.5 Å². The van der Waals surface area contributed by atoms with E-state index in [0.29, 0.717) is 55.4 Å². The lowest BCUT2D eigenvalue weighted by molar-refractivity contribution is -0.149. The van der Waals surface area contributed by atoms with Crippen LogP contribution < -0.4 is 0 Å². The molecule has 1 aromatic carbocycles. The van der Waals surface area contributed by atoms with Gasteiger partial charge in [-0.15, -0.1) is 0 Å². The van der Waals surface area contributed by atoms with Gasteiger partial charge < -0.3 is 9.26 Å². The molecule has 0 spiro atoms. The van der Waals surface area contributed by atoms with E-state index in [1.54, 1.807) is 18.5 Å². The first-order valence-electron chi connectivity index (χ1n) is 11.7. The Balaban J connectivity index is 1.24. The van der Waals surface area contributed by atoms with Crippen LogP contribution in [0.25, 0.3) is 11.4 Å². The van der Waals surface area contributed by atoms with E-state index in [4.69, 9.17) is 9.26 Å². The van der Waals surface area contributed by atoms with E-state index in [9.17, 15) is 13.2 Å². The Kier molecular flexibility index (Phi) is 7.61. The molecule has 0 aliphatic carbocycles. The number of piperidine rings is 1. The number of esters is 1. The van der Waals surface area contributed by atoms with Crippen molar-refractivity contribution >= 4 is 16.0 Å². The summed E-state index contributed by atoms with van der Waals surface area (Å²) in [6.45, 7) is 6.44. The van der Waals surface area contributed by atoms with Crippen LogP contribution in [0, 0.1) is 26.7 Å². The molecule has 0 saturated carbocycles. The van der Waals surface area contributed by atoms with E-state index in [2.05, 4.69) is 15.1 Å². The van der Waals surface area contributed by atoms with Gasteiger partial charge in [-0.25, -0.2) is 8.42 Å². The molecule has 0 N–H and O–H groups in total. The predicted molar refractivity (Wildman–Crippen MR) is 129 cm³/mol. The maximum atomic E-state index is 13.2. The van der Waals surface area contributed by atoms with Crippen LogP contribution in [0.15, 0.2) is 46.1 Å². The Hall–Kier alpha value is -3.11. The van der Waals surface area contributed by atoms with Gasteiger partial charge in [-0.1, -0.05) is 22.9 Å². The zero-order valence-corrected chi connectivity index (χ0v) is 21.0. The van der Waals surface area contributed by atoms with Gasteiger partial charge in [-0.3, -0.25) is 9.78 Å². The molecule has 2 aromatic heterocycles. The van der Waals surface area contributed by atoms with Gasteiger partial charge in [0.25, 0.3) is 0 Å². The maximum Gasteiger partial charge on any atom is 0.309 e. The van der Waals surface area contributed by atoms with Gasteiger partial charge in [-0.2, -0.15) is 9.29 Å². The standard InChI is InChI=1S/C25H30N4O5S/c1-17-14-18(2)23(19(3)15-17)35(31,32)29-11-8-20(9-12-29)25(30)33-13-5-7-22-27-24(28-34-22)21-6-4-10-26-16-21/h4,6,10,14-16,20H,5,7-9,11-13H2,1-3H3. The zero-order valence-electron chi connectivity index (χ0n) is 20.2. The molecule has 35 heavy (non-hydrogen) atoms. The smallest absolute Gasteiger partial charge is 0.309 e. The highest BCUT2D eigenvalue weighted by Crippen LogP contribution is 2.29. The number of aromatic nitrogens is 3. The number of benzene rings is 1. The molecule has 3 heterocycles. The number of carbonyl (C=O) groups is 1. The molecule has 10 heteroatoms. The Morgan fingerprint density at radius 1 is 1.17 bits per heavy atom. The van der Waals surface area contributed by atoms with Crippen molar-refractivity contribution in [3.8, 4) is 11.4 Å². The fourth-order valence-electron chi connectivity index (χ4n) is 4.52. The summed E-state index contributed by atoms with van der Waals surface area (Å²) in [6.07, 6.45) is 5.27. The number of rotatable bonds is 8. The van der Waals surface area contributed by atoms with Gasteiger partial charge >= 0.3 is 5.97 Å². The van der Waals surface area contributed by atoms with Crippen molar-refractivity contribution in [1.29, 1.82) is 0 Å². The molecular formula is C25H30N4O5S. The number of sulfonamides is 1. The molecule has 186 valence electrons. The summed E-state index contributed by atoms with van der Waals surface area (Å²) in [4.78, 5) is 21.3. The average Bonchev–Trinajstić information content (AvgIpc) is 3.30. The maximum absolute atomic E-state index is 13.2. The van der Waals surface area contributed by atoms with Crippen LogP contribution in [0.5, 0.6) is 0 Å². The fourth-order valence-corrected chi connectivity index (χ4v) is 6.40. The van der Waals surface area contributed by atoms with Gasteiger partial charge in [0.2, 0.25) is 21.7 Å². The Labute approximate surface area is 205 Å². The van der Waals surface area contributed by atoms with Gasteiger partial charge in [-0.05, 0) is 63.3 Å². The third-order valence-electron chi connectivity index (χ3n) is 6.16. The second-order valence-corrected chi connectivity index (χ2v) is 10.8. The third kappa shape index (κ3) is 5.76. The van der Waals surface area contributed by atoms with Crippen molar-refractivity contribution in [3.63, 3.8) is 0 Å². The summed E-state index contributed by atoms with van der Waals surface area (Å²) >= 11 is 0. The molecular weight excluding hydrogens is 468 g/mol. The molecule has 3 aromatic rings. The Morgan fingerprint density at radius 3 is 2.54 bits per heavy atom. The average molecular weight is 499 g/mol. The van der Waals surface area contributed by atoms with Crippen molar-refractivity contribution in [2.75, 3.05) is 19.7 Å². The molecule has 0 amide bonds. The predicted octanol–water partition coefficient (Wildman–Crippen LogP) is 3.63. The summed E-state index contributed by atoms with van der Waals surface area (Å²) in [5.74, 6) is 0.358. The second kappa shape index (κ2) is 10.7. The lowest BCUT2D eigenvalue weighted by Gasteiger charge is -2.31. The van der Waals surface area contributed by atoms with Gasteiger partial charge in [0.15, 0.2) is 0 Å². The third-order valence-corrected chi connectivity index (χ3v) is 8.36. The lowest BCUT2D eigenvalue weighted by atomic mass is 9.98. The van der Waals surface area contributed by atoms with Crippen LogP contribution in [0.2, 0.25) is 0 Å². The minimum atomic E-state index is -3.60. The molecule has 1 aliphatic rings. The fraction of sp³-hybridized carbons (Fsp3) is 0.440. The molecule has 0 atom stereocenters. The monoisotopic (exact) mass is 498 g/mol. The first kappa shape index (κ1) is 25.0. The summed E-state index contributed by atoms with van der Waals surface area (Å²) < 4.78 is 38.7. The van der Waals surface area contributed by atoms with Crippen LogP contribution in [-0.2, 0) is 26.0 Å². The van der Waals surface area contributed by atoms with E-state index in [0.717, 1.165) is 22.3 Å². The zero-order chi connectivity index (χ0) is 25.0. The lowest BCUT2D eigenvalue weighted by Crippen LogP contribution is -2.41. The number of nitrogens with zero attached hydrogens (tertiary/aromatic N) is 4. The summed E-state index contributed by atoms with van der Waals surface area (Å²) in [7, 11) is -3.60. The number of carbonyl (C=O) groups excluding carboxylic acids is 1. The quantitative estimate of drug-likeness (QED) is 0.341. The van der Waals surface area contributed by atoms with E-state index < -0.39 is 10.0 Å². The number of pyridine rings is 1. The molecule has 4 rings (SSSR count). The van der Waals surface area contributed by atoms with E-state index in [1.807, 2.05) is 39.0 Å². The molecule has 0 radical (unpaired) electrons. The van der Waals surface area contributed by atoms with Crippen LogP contribution >= 0.6 is 0 Å². The van der Waals surface area contributed by atoms with Crippen molar-refractivity contribution in [1.82, 2.24) is 19.4 Å². The van der Waals surface area contributed by atoms with Gasteiger partial charge in [0.1, 0.15) is 0 Å². The first-order chi connectivity index (χ1) is 16.8. The van der Waals surface area contributed by atoms with Crippen LogP contribution in [0.1, 0.15) is 41.8 Å². The molecule has 0 unspecified atom stereocenters. The highest BCUT2D eigenvalue weighted by atomic mass is 32.2. The van der Waals surface area contributed by atoms with Crippen molar-refractivity contribution in [3.05, 3.63) is 59.2 Å². The molecule has 1 fully saturated rings. The Bertz CT molecular complexity index is 1260. The van der Waals surface area contributed by atoms with Crippen LogP contribution in [0.4, 0.5) is 0 Å². The van der Waals surface area contributed by atoms with Crippen molar-refractivity contribution in [2.24, 2.45) is 5.92 Å². The van der Waals surface area contributed by atoms with Gasteiger partial charge in [0.05, 0.1) is 17.4 Å². The minimum absolute atomic E-state index is 0.240. The number of hydrogen-bond acceptors (Lipinski definition) is 8. The van der Waals surface area contributed by atoms with Crippen LogP contribution in [0.3, 0.4) is 0 Å². The molecule has 1 aliphatic heterocycles. The normalized spacial score (nSPS) is 15.3. The SMILES string of the molecule is Cc1cc(C)c(S(=O)(=O)N2CCC(C(=O)OCCCc3nc(-c4cccnc4)no3)CC2)c(C)c1. The molecule has 0 bridgehead atoms. The van der Waals surface area contributed by atoms with Crippen molar-refractivity contribution in [2.45, 2.75) is 51.3 Å². The topological polar surface area (TPSA) is 115 Å². The largest absolute Gasteiger partial charge is 0.465 e. The summed E-state index contributed by atoms with van der Waals surface area (Å²) in [5, 5.41) is 3.95. The highest BCUT2D eigenvalue weighted by Gasteiger charge is 2.34. The van der Waals surface area contributed by atoms with E-state index in [-0.39, 0.29) is 18.5 Å². The first-order valence-corrected chi connectivity index (χ1v) is 13.2. The van der Waals surface area contributed by atoms with Crippen molar-refractivity contribution < 1.29 is 22.5 Å². The summed E-state index contributed by atoms with van der Waals surface area (Å²) in [5.41, 5.74) is 3.30. The second-order valence-electron chi connectivity index (χ2n) is 8.93. The van der Waals surface area contributed by atoms with E-state index in [1.165, 1.54) is 4.31 Å². The van der Waals surface area contributed by atoms with E-state index >= 15 is 0 Å². The minimum Gasteiger partial charge on any atom is -0.465 e. The number of ether oxygens (including phenoxy) is 1. The number of aryl methyl sites for hydroxylation is 4. The van der Waals surface area contributed by atoms with Gasteiger partial charge in [0, 0.05) is 37.5 Å². The number of hydrogen-bond donors (Lipinski definition) is 0. The summed E-state index contributed by atoms with van der Waals surface area (Å²) in [6, 6.07) is 7.42.